The Kier molecular flexibility index (Phi) is 5.64. The number of benzene rings is 1. The Labute approximate surface area is 118 Å². The molecule has 0 heterocycles. The molecule has 0 aliphatic heterocycles. The van der Waals surface area contributed by atoms with Gasteiger partial charge in [0.2, 0.25) is 5.91 Å². The normalized spacial score (nSPS) is 13.6. The highest BCUT2D eigenvalue weighted by atomic mass is 16.6. The lowest BCUT2D eigenvalue weighted by Crippen LogP contribution is -2.44. The van der Waals surface area contributed by atoms with Crippen LogP contribution < -0.4 is 11.1 Å². The zero-order valence-electron chi connectivity index (χ0n) is 12.1. The van der Waals surface area contributed by atoms with Crippen molar-refractivity contribution >= 4 is 11.6 Å². The first kappa shape index (κ1) is 16.1. The van der Waals surface area contributed by atoms with Gasteiger partial charge in [-0.15, -0.1) is 0 Å². The summed E-state index contributed by atoms with van der Waals surface area (Å²) >= 11 is 0. The van der Waals surface area contributed by atoms with Gasteiger partial charge in [-0.05, 0) is 18.4 Å². The van der Waals surface area contributed by atoms with E-state index in [0.717, 1.165) is 12.0 Å². The Morgan fingerprint density at radius 1 is 1.50 bits per heavy atom. The fraction of sp³-hybridized carbons (Fsp3) is 0.500. The van der Waals surface area contributed by atoms with E-state index in [1.54, 1.807) is 19.1 Å². The van der Waals surface area contributed by atoms with Gasteiger partial charge in [0.25, 0.3) is 5.69 Å². The molecule has 0 saturated carbocycles. The van der Waals surface area contributed by atoms with Gasteiger partial charge in [-0.3, -0.25) is 14.9 Å². The molecule has 0 aromatic heterocycles. The molecule has 1 rings (SSSR count). The van der Waals surface area contributed by atoms with Crippen molar-refractivity contribution in [1.82, 2.24) is 5.32 Å². The van der Waals surface area contributed by atoms with Gasteiger partial charge in [-0.2, -0.15) is 0 Å². The molecule has 3 N–H and O–H groups in total. The third-order valence-corrected chi connectivity index (χ3v) is 3.63. The maximum absolute atomic E-state index is 11.9. The second-order valence-corrected chi connectivity index (χ2v) is 4.95. The first-order chi connectivity index (χ1) is 9.38. The summed E-state index contributed by atoms with van der Waals surface area (Å²) in [7, 11) is 0. The van der Waals surface area contributed by atoms with E-state index in [0.29, 0.717) is 5.56 Å². The van der Waals surface area contributed by atoms with Gasteiger partial charge in [-0.1, -0.05) is 32.4 Å². The summed E-state index contributed by atoms with van der Waals surface area (Å²) in [5, 5.41) is 13.6. The number of nitrogens with one attached hydrogen (secondary N) is 1. The molecule has 0 spiro atoms. The van der Waals surface area contributed by atoms with Crippen LogP contribution in [0.3, 0.4) is 0 Å². The van der Waals surface area contributed by atoms with Crippen LogP contribution in [-0.4, -0.2) is 16.9 Å². The predicted octanol–water partition coefficient (Wildman–Crippen LogP) is 1.89. The Morgan fingerprint density at radius 2 is 2.15 bits per heavy atom. The number of nitrogens with two attached hydrogens (primary N) is 1. The molecule has 2 atom stereocenters. The number of carbonyl (C=O) groups excluding carboxylic acids is 1. The molecule has 0 aliphatic carbocycles. The first-order valence-corrected chi connectivity index (χ1v) is 6.64. The SMILES string of the molecule is CCC(C)C(N)C(=O)NCc1cccc([N+](=O)[O-])c1C. The summed E-state index contributed by atoms with van der Waals surface area (Å²) in [6.07, 6.45) is 0.824. The number of nitrogens with zero attached hydrogens (tertiary/aromatic N) is 1. The van der Waals surface area contributed by atoms with Crippen molar-refractivity contribution < 1.29 is 9.72 Å². The summed E-state index contributed by atoms with van der Waals surface area (Å²) in [6.45, 7) is 5.82. The van der Waals surface area contributed by atoms with E-state index in [2.05, 4.69) is 5.32 Å². The molecule has 0 fully saturated rings. The van der Waals surface area contributed by atoms with Crippen molar-refractivity contribution in [1.29, 1.82) is 0 Å². The molecule has 20 heavy (non-hydrogen) atoms. The van der Waals surface area contributed by atoms with Crippen LogP contribution in [0.15, 0.2) is 18.2 Å². The van der Waals surface area contributed by atoms with Crippen LogP contribution in [0.1, 0.15) is 31.4 Å². The molecular formula is C14H21N3O3. The van der Waals surface area contributed by atoms with Crippen LogP contribution in [0.4, 0.5) is 5.69 Å². The van der Waals surface area contributed by atoms with Crippen LogP contribution in [0.5, 0.6) is 0 Å². The second kappa shape index (κ2) is 7.00. The van der Waals surface area contributed by atoms with Crippen molar-refractivity contribution in [3.63, 3.8) is 0 Å². The van der Waals surface area contributed by atoms with Crippen molar-refractivity contribution in [2.45, 2.75) is 39.8 Å². The van der Waals surface area contributed by atoms with Crippen LogP contribution in [0, 0.1) is 23.0 Å². The van der Waals surface area contributed by atoms with E-state index >= 15 is 0 Å². The summed E-state index contributed by atoms with van der Waals surface area (Å²) in [4.78, 5) is 22.3. The largest absolute Gasteiger partial charge is 0.351 e. The van der Waals surface area contributed by atoms with Gasteiger partial charge < -0.3 is 11.1 Å². The van der Waals surface area contributed by atoms with Crippen LogP contribution in [0.2, 0.25) is 0 Å². The Morgan fingerprint density at radius 3 is 2.70 bits per heavy atom. The third kappa shape index (κ3) is 3.77. The zero-order valence-corrected chi connectivity index (χ0v) is 12.1. The minimum absolute atomic E-state index is 0.0583. The third-order valence-electron chi connectivity index (χ3n) is 3.63. The molecule has 0 bridgehead atoms. The van der Waals surface area contributed by atoms with Gasteiger partial charge in [0, 0.05) is 18.2 Å². The molecule has 6 heteroatoms. The van der Waals surface area contributed by atoms with E-state index in [4.69, 9.17) is 5.73 Å². The maximum atomic E-state index is 11.9. The smallest absolute Gasteiger partial charge is 0.272 e. The molecule has 2 unspecified atom stereocenters. The Bertz CT molecular complexity index is 502. The fourth-order valence-corrected chi connectivity index (χ4v) is 1.87. The monoisotopic (exact) mass is 279 g/mol. The number of hydrogen-bond donors (Lipinski definition) is 2. The Balaban J connectivity index is 2.74. The van der Waals surface area contributed by atoms with Crippen molar-refractivity contribution in [2.24, 2.45) is 11.7 Å². The molecule has 0 aliphatic rings. The Hall–Kier alpha value is -1.95. The van der Waals surface area contributed by atoms with Crippen LogP contribution in [0.25, 0.3) is 0 Å². The molecule has 6 nitrogen and oxygen atoms in total. The number of carbonyl (C=O) groups is 1. The van der Waals surface area contributed by atoms with Crippen molar-refractivity contribution in [3.8, 4) is 0 Å². The standard InChI is InChI=1S/C14H21N3O3/c1-4-9(2)13(15)14(18)16-8-11-6-5-7-12(10(11)3)17(19)20/h5-7,9,13H,4,8,15H2,1-3H3,(H,16,18). The lowest BCUT2D eigenvalue weighted by Gasteiger charge is -2.18. The average molecular weight is 279 g/mol. The summed E-state index contributed by atoms with van der Waals surface area (Å²) in [6, 6.07) is 4.27. The fourth-order valence-electron chi connectivity index (χ4n) is 1.87. The molecule has 1 aromatic carbocycles. The van der Waals surface area contributed by atoms with Gasteiger partial charge in [0.1, 0.15) is 0 Å². The van der Waals surface area contributed by atoms with E-state index in [-0.39, 0.29) is 24.1 Å². The summed E-state index contributed by atoms with van der Waals surface area (Å²) in [5.74, 6) is -0.133. The molecule has 0 radical (unpaired) electrons. The molecule has 1 aromatic rings. The van der Waals surface area contributed by atoms with Crippen molar-refractivity contribution in [2.75, 3.05) is 0 Å². The van der Waals surface area contributed by atoms with E-state index in [1.807, 2.05) is 13.8 Å². The van der Waals surface area contributed by atoms with E-state index in [1.165, 1.54) is 6.07 Å². The predicted molar refractivity (Wildman–Crippen MR) is 77.1 cm³/mol. The minimum Gasteiger partial charge on any atom is -0.351 e. The second-order valence-electron chi connectivity index (χ2n) is 4.95. The average Bonchev–Trinajstić information content (AvgIpc) is 2.43. The van der Waals surface area contributed by atoms with Crippen molar-refractivity contribution in [3.05, 3.63) is 39.4 Å². The summed E-state index contributed by atoms with van der Waals surface area (Å²) < 4.78 is 0. The number of hydrogen-bond acceptors (Lipinski definition) is 4. The minimum atomic E-state index is -0.556. The quantitative estimate of drug-likeness (QED) is 0.613. The van der Waals surface area contributed by atoms with Gasteiger partial charge in [-0.25, -0.2) is 0 Å². The number of amides is 1. The lowest BCUT2D eigenvalue weighted by atomic mass is 9.99. The van der Waals surface area contributed by atoms with Gasteiger partial charge in [0.15, 0.2) is 0 Å². The molecule has 1 amide bonds. The first-order valence-electron chi connectivity index (χ1n) is 6.64. The topological polar surface area (TPSA) is 98.3 Å². The highest BCUT2D eigenvalue weighted by Crippen LogP contribution is 2.20. The number of rotatable bonds is 6. The number of nitro benzene ring substituents is 1. The summed E-state index contributed by atoms with van der Waals surface area (Å²) in [5.41, 5.74) is 7.18. The van der Waals surface area contributed by atoms with E-state index in [9.17, 15) is 14.9 Å². The van der Waals surface area contributed by atoms with Crippen LogP contribution >= 0.6 is 0 Å². The maximum Gasteiger partial charge on any atom is 0.272 e. The molecular weight excluding hydrogens is 258 g/mol. The molecule has 110 valence electrons. The van der Waals surface area contributed by atoms with E-state index < -0.39 is 11.0 Å². The molecule has 0 saturated heterocycles. The highest BCUT2D eigenvalue weighted by Gasteiger charge is 2.20. The lowest BCUT2D eigenvalue weighted by molar-refractivity contribution is -0.385. The highest BCUT2D eigenvalue weighted by molar-refractivity contribution is 5.81. The number of nitro groups is 1. The zero-order chi connectivity index (χ0) is 15.3. The van der Waals surface area contributed by atoms with Gasteiger partial charge in [0.05, 0.1) is 11.0 Å². The van der Waals surface area contributed by atoms with Crippen LogP contribution in [-0.2, 0) is 11.3 Å². The van der Waals surface area contributed by atoms with Gasteiger partial charge >= 0.3 is 0 Å².